The van der Waals surface area contributed by atoms with Crippen LogP contribution >= 0.6 is 39.1 Å². The van der Waals surface area contributed by atoms with Crippen LogP contribution in [0.1, 0.15) is 20.8 Å². The zero-order valence-electron chi connectivity index (χ0n) is 15.4. The molecule has 0 radical (unpaired) electrons. The lowest BCUT2D eigenvalue weighted by Crippen LogP contribution is -2.38. The van der Waals surface area contributed by atoms with Crippen molar-refractivity contribution in [2.75, 3.05) is 31.1 Å². The lowest BCUT2D eigenvalue weighted by atomic mass is 10.2. The molecule has 0 N–H and O–H groups in total. The van der Waals surface area contributed by atoms with Crippen LogP contribution in [-0.2, 0) is 9.57 Å². The van der Waals surface area contributed by atoms with E-state index in [1.165, 1.54) is 5.06 Å². The molecule has 2 heterocycles. The van der Waals surface area contributed by atoms with Crippen LogP contribution in [0.25, 0.3) is 10.9 Å². The first-order valence-corrected chi connectivity index (χ1v) is 10.0. The van der Waals surface area contributed by atoms with Crippen molar-refractivity contribution in [1.82, 2.24) is 15.0 Å². The van der Waals surface area contributed by atoms with E-state index in [9.17, 15) is 9.18 Å². The van der Waals surface area contributed by atoms with Gasteiger partial charge in [-0.25, -0.2) is 14.2 Å². The Morgan fingerprint density at radius 2 is 2.00 bits per heavy atom. The summed E-state index contributed by atoms with van der Waals surface area (Å²) in [4.78, 5) is 27.8. The fraction of sp³-hybridized carbons (Fsp3) is 0.471. The Balaban J connectivity index is 1.90. The molecule has 7 nitrogen and oxygen atoms in total. The standard InChI is InChI=1S/C17H18BrCl2FN4O3/c1-17(2,3)28-16(26)25-5-4-24(6-7-27-25)14-9-8-10(19)11(18)12(21)13(9)22-15(20)23-14/h8H,4-7H2,1-3H3. The smallest absolute Gasteiger partial charge is 0.434 e. The number of anilines is 1. The van der Waals surface area contributed by atoms with Crippen LogP contribution in [0.15, 0.2) is 10.5 Å². The van der Waals surface area contributed by atoms with E-state index in [1.807, 2.05) is 4.90 Å². The molecule has 1 aliphatic heterocycles. The number of ether oxygens (including phenoxy) is 1. The predicted octanol–water partition coefficient (Wildman–Crippen LogP) is 4.83. The van der Waals surface area contributed by atoms with E-state index in [0.29, 0.717) is 24.3 Å². The van der Waals surface area contributed by atoms with Crippen molar-refractivity contribution in [1.29, 1.82) is 0 Å². The number of fused-ring (bicyclic) bond motifs is 1. The number of rotatable bonds is 1. The summed E-state index contributed by atoms with van der Waals surface area (Å²) in [5.41, 5.74) is -0.578. The zero-order valence-corrected chi connectivity index (χ0v) is 18.5. The zero-order chi connectivity index (χ0) is 20.6. The molecule has 1 amide bonds. The molecule has 0 spiro atoms. The minimum absolute atomic E-state index is 0.0560. The minimum atomic E-state index is -0.634. The maximum absolute atomic E-state index is 14.6. The van der Waals surface area contributed by atoms with Gasteiger partial charge in [0.1, 0.15) is 16.9 Å². The third-order valence-electron chi connectivity index (χ3n) is 3.86. The van der Waals surface area contributed by atoms with E-state index in [-0.39, 0.29) is 33.4 Å². The summed E-state index contributed by atoms with van der Waals surface area (Å²) in [6.07, 6.45) is -0.571. The number of benzene rings is 1. The van der Waals surface area contributed by atoms with Crippen LogP contribution < -0.4 is 4.90 Å². The van der Waals surface area contributed by atoms with Crippen molar-refractivity contribution in [2.24, 2.45) is 0 Å². The molecule has 1 aliphatic rings. The van der Waals surface area contributed by atoms with Gasteiger partial charge in [0.2, 0.25) is 5.28 Å². The average molecular weight is 496 g/mol. The molecule has 0 saturated carbocycles. The van der Waals surface area contributed by atoms with Crippen LogP contribution in [0, 0.1) is 5.82 Å². The van der Waals surface area contributed by atoms with E-state index in [4.69, 9.17) is 32.8 Å². The van der Waals surface area contributed by atoms with Gasteiger partial charge >= 0.3 is 6.09 Å². The average Bonchev–Trinajstić information content (AvgIpc) is 2.85. The second-order valence-corrected chi connectivity index (χ2v) is 8.64. The maximum atomic E-state index is 14.6. The fourth-order valence-electron chi connectivity index (χ4n) is 2.69. The fourth-order valence-corrected chi connectivity index (χ4v) is 3.35. The number of carbonyl (C=O) groups excluding carboxylic acids is 1. The molecular weight excluding hydrogens is 478 g/mol. The molecule has 1 saturated heterocycles. The second kappa shape index (κ2) is 8.14. The van der Waals surface area contributed by atoms with Crippen LogP contribution in [0.3, 0.4) is 0 Å². The largest absolute Gasteiger partial charge is 0.442 e. The van der Waals surface area contributed by atoms with Gasteiger partial charge in [0.25, 0.3) is 0 Å². The number of amides is 1. The van der Waals surface area contributed by atoms with Crippen molar-refractivity contribution in [3.8, 4) is 0 Å². The first kappa shape index (κ1) is 21.3. The molecule has 152 valence electrons. The summed E-state index contributed by atoms with van der Waals surface area (Å²) >= 11 is 15.2. The van der Waals surface area contributed by atoms with Gasteiger partial charge < -0.3 is 9.64 Å². The molecule has 1 aromatic heterocycles. The van der Waals surface area contributed by atoms with Gasteiger partial charge in [0, 0.05) is 18.5 Å². The topological polar surface area (TPSA) is 67.8 Å². The summed E-state index contributed by atoms with van der Waals surface area (Å²) in [6, 6.07) is 1.58. The van der Waals surface area contributed by atoms with Gasteiger partial charge in [-0.05, 0) is 54.4 Å². The third kappa shape index (κ3) is 4.59. The SMILES string of the molecule is CC(C)(C)OC(=O)N1CCN(c2nc(Cl)nc3c(F)c(Br)c(Cl)cc23)CCO1. The number of hydrogen-bond acceptors (Lipinski definition) is 6. The summed E-state index contributed by atoms with van der Waals surface area (Å²) in [7, 11) is 0. The molecule has 3 rings (SSSR count). The van der Waals surface area contributed by atoms with E-state index >= 15 is 0 Å². The first-order valence-electron chi connectivity index (χ1n) is 8.46. The van der Waals surface area contributed by atoms with Gasteiger partial charge in [-0.3, -0.25) is 4.84 Å². The quantitative estimate of drug-likeness (QED) is 0.417. The molecular formula is C17H18BrCl2FN4O3. The van der Waals surface area contributed by atoms with E-state index in [1.54, 1.807) is 26.8 Å². The van der Waals surface area contributed by atoms with Gasteiger partial charge in [-0.1, -0.05) is 11.6 Å². The lowest BCUT2D eigenvalue weighted by Gasteiger charge is -2.25. The van der Waals surface area contributed by atoms with Crippen LogP contribution in [-0.4, -0.2) is 53.0 Å². The predicted molar refractivity (Wildman–Crippen MR) is 108 cm³/mol. The molecule has 0 atom stereocenters. The van der Waals surface area contributed by atoms with Crippen molar-refractivity contribution in [3.63, 3.8) is 0 Å². The number of aromatic nitrogens is 2. The highest BCUT2D eigenvalue weighted by molar-refractivity contribution is 9.10. The molecule has 28 heavy (non-hydrogen) atoms. The second-order valence-electron chi connectivity index (χ2n) is 7.10. The van der Waals surface area contributed by atoms with Crippen molar-refractivity contribution in [3.05, 3.63) is 26.7 Å². The van der Waals surface area contributed by atoms with Crippen LogP contribution in [0.2, 0.25) is 10.3 Å². The Morgan fingerprint density at radius 3 is 2.68 bits per heavy atom. The number of nitrogens with zero attached hydrogens (tertiary/aromatic N) is 4. The molecule has 2 aromatic rings. The van der Waals surface area contributed by atoms with Gasteiger partial charge in [-0.2, -0.15) is 10.0 Å². The highest BCUT2D eigenvalue weighted by Crippen LogP contribution is 2.35. The third-order valence-corrected chi connectivity index (χ3v) is 5.33. The Bertz CT molecular complexity index is 926. The van der Waals surface area contributed by atoms with Crippen molar-refractivity contribution < 1.29 is 18.8 Å². The van der Waals surface area contributed by atoms with E-state index < -0.39 is 17.5 Å². The molecule has 0 aliphatic carbocycles. The molecule has 0 bridgehead atoms. The number of carbonyl (C=O) groups is 1. The maximum Gasteiger partial charge on any atom is 0.434 e. The highest BCUT2D eigenvalue weighted by Gasteiger charge is 2.27. The normalized spacial score (nSPS) is 15.7. The number of halogens is 4. The minimum Gasteiger partial charge on any atom is -0.442 e. The number of hydrogen-bond donors (Lipinski definition) is 0. The molecule has 1 aromatic carbocycles. The van der Waals surface area contributed by atoms with Gasteiger partial charge in [0.05, 0.1) is 22.6 Å². The van der Waals surface area contributed by atoms with E-state index in [0.717, 1.165) is 0 Å². The molecule has 11 heteroatoms. The Hall–Kier alpha value is -1.42. The van der Waals surface area contributed by atoms with Gasteiger partial charge in [0.15, 0.2) is 5.82 Å². The van der Waals surface area contributed by atoms with Crippen LogP contribution in [0.5, 0.6) is 0 Å². The lowest BCUT2D eigenvalue weighted by molar-refractivity contribution is -0.137. The first-order chi connectivity index (χ1) is 13.1. The summed E-state index contributed by atoms with van der Waals surface area (Å²) in [5, 5.41) is 1.68. The Kier molecular flexibility index (Phi) is 6.19. The molecule has 1 fully saturated rings. The Morgan fingerprint density at radius 1 is 1.29 bits per heavy atom. The van der Waals surface area contributed by atoms with Gasteiger partial charge in [-0.15, -0.1) is 0 Å². The van der Waals surface area contributed by atoms with E-state index in [2.05, 4.69) is 25.9 Å². The van der Waals surface area contributed by atoms with Crippen molar-refractivity contribution >= 4 is 61.9 Å². The Labute approximate surface area is 179 Å². The summed E-state index contributed by atoms with van der Waals surface area (Å²) in [5.74, 6) is -0.201. The van der Waals surface area contributed by atoms with Crippen molar-refractivity contribution in [2.45, 2.75) is 26.4 Å². The molecule has 0 unspecified atom stereocenters. The summed E-state index contributed by atoms with van der Waals surface area (Å²) < 4.78 is 20.0. The van der Waals surface area contributed by atoms with Crippen LogP contribution in [0.4, 0.5) is 15.0 Å². The summed E-state index contributed by atoms with van der Waals surface area (Å²) in [6.45, 7) is 6.54. The number of hydroxylamine groups is 2. The highest BCUT2D eigenvalue weighted by atomic mass is 79.9. The monoisotopic (exact) mass is 494 g/mol.